The normalized spacial score (nSPS) is 14.3. The molecule has 1 aliphatic rings. The molecule has 2 amide bonds. The standard InChI is InChI=1S/C34H42FN3O4S/c1-3-26-17-21-31(22-18-26)38(43(2,41)42)23-9-14-33(39)37(25-28-15-19-29(35)20-16-28)32(24-27-10-5-4-6-11-27)34(40)36-30-12-7-8-13-30/h4-6,10-11,15-22,30,32H,3,7-9,12-14,23-25H2,1-2H3,(H,36,40)/t32-/m1/s1. The van der Waals surface area contributed by atoms with Crippen LogP contribution in [0.5, 0.6) is 0 Å². The monoisotopic (exact) mass is 607 g/mol. The number of sulfonamides is 1. The number of hydrogen-bond acceptors (Lipinski definition) is 4. The highest BCUT2D eigenvalue weighted by Crippen LogP contribution is 2.22. The average Bonchev–Trinajstić information content (AvgIpc) is 3.51. The maximum atomic E-state index is 13.9. The molecule has 1 fully saturated rings. The van der Waals surface area contributed by atoms with E-state index in [2.05, 4.69) is 5.32 Å². The van der Waals surface area contributed by atoms with Gasteiger partial charge in [0.2, 0.25) is 21.8 Å². The van der Waals surface area contributed by atoms with Gasteiger partial charge in [0, 0.05) is 32.0 Å². The van der Waals surface area contributed by atoms with Crippen LogP contribution in [-0.4, -0.2) is 50.0 Å². The lowest BCUT2D eigenvalue weighted by Gasteiger charge is -2.33. The summed E-state index contributed by atoms with van der Waals surface area (Å²) < 4.78 is 40.4. The molecule has 9 heteroatoms. The number of rotatable bonds is 14. The molecule has 1 aliphatic carbocycles. The second-order valence-electron chi connectivity index (χ2n) is 11.3. The van der Waals surface area contributed by atoms with Crippen molar-refractivity contribution in [2.75, 3.05) is 17.1 Å². The molecule has 0 heterocycles. The van der Waals surface area contributed by atoms with Crippen LogP contribution in [0.3, 0.4) is 0 Å². The van der Waals surface area contributed by atoms with Gasteiger partial charge < -0.3 is 10.2 Å². The van der Waals surface area contributed by atoms with Gasteiger partial charge in [0.1, 0.15) is 11.9 Å². The fraction of sp³-hybridized carbons (Fsp3) is 0.412. The number of nitrogens with one attached hydrogen (secondary N) is 1. The molecule has 0 aromatic heterocycles. The Morgan fingerprint density at radius 2 is 1.53 bits per heavy atom. The first-order chi connectivity index (χ1) is 20.6. The molecule has 0 radical (unpaired) electrons. The van der Waals surface area contributed by atoms with E-state index < -0.39 is 16.1 Å². The number of carbonyl (C=O) groups excluding carboxylic acids is 2. The number of amides is 2. The number of anilines is 1. The highest BCUT2D eigenvalue weighted by atomic mass is 32.2. The average molecular weight is 608 g/mol. The van der Waals surface area contributed by atoms with Crippen molar-refractivity contribution in [1.29, 1.82) is 0 Å². The molecule has 1 atom stereocenters. The Hall–Kier alpha value is -3.72. The van der Waals surface area contributed by atoms with Crippen molar-refractivity contribution in [3.63, 3.8) is 0 Å². The number of benzene rings is 3. The van der Waals surface area contributed by atoms with Gasteiger partial charge in [-0.15, -0.1) is 0 Å². The third-order valence-corrected chi connectivity index (χ3v) is 9.22. The second kappa shape index (κ2) is 15.1. The van der Waals surface area contributed by atoms with Crippen molar-refractivity contribution in [2.45, 2.75) is 76.9 Å². The molecule has 0 saturated heterocycles. The summed E-state index contributed by atoms with van der Waals surface area (Å²) in [5, 5.41) is 3.17. The van der Waals surface area contributed by atoms with E-state index in [1.165, 1.54) is 16.4 Å². The van der Waals surface area contributed by atoms with Gasteiger partial charge in [0.05, 0.1) is 11.9 Å². The molecule has 0 bridgehead atoms. The molecular formula is C34H42FN3O4S. The molecule has 0 unspecified atom stereocenters. The zero-order valence-corrected chi connectivity index (χ0v) is 25.9. The lowest BCUT2D eigenvalue weighted by molar-refractivity contribution is -0.141. The van der Waals surface area contributed by atoms with Crippen LogP contribution in [0.1, 0.15) is 62.1 Å². The summed E-state index contributed by atoms with van der Waals surface area (Å²) in [6.45, 7) is 2.28. The van der Waals surface area contributed by atoms with Crippen LogP contribution in [0.15, 0.2) is 78.9 Å². The summed E-state index contributed by atoms with van der Waals surface area (Å²) in [6, 6.07) is 22.2. The summed E-state index contributed by atoms with van der Waals surface area (Å²) >= 11 is 0. The molecule has 43 heavy (non-hydrogen) atoms. The third kappa shape index (κ3) is 9.38. The summed E-state index contributed by atoms with van der Waals surface area (Å²) in [5.74, 6) is -0.851. The van der Waals surface area contributed by atoms with Gasteiger partial charge in [0.25, 0.3) is 0 Å². The highest BCUT2D eigenvalue weighted by molar-refractivity contribution is 7.92. The van der Waals surface area contributed by atoms with E-state index in [0.717, 1.165) is 49.5 Å². The van der Waals surface area contributed by atoms with E-state index in [-0.39, 0.29) is 49.6 Å². The van der Waals surface area contributed by atoms with Gasteiger partial charge in [0.15, 0.2) is 0 Å². The van der Waals surface area contributed by atoms with Crippen LogP contribution in [0.25, 0.3) is 0 Å². The number of nitrogens with zero attached hydrogens (tertiary/aromatic N) is 2. The molecular weight excluding hydrogens is 565 g/mol. The van der Waals surface area contributed by atoms with Crippen molar-refractivity contribution in [2.24, 2.45) is 0 Å². The van der Waals surface area contributed by atoms with Crippen LogP contribution >= 0.6 is 0 Å². The molecule has 0 aliphatic heterocycles. The molecule has 0 spiro atoms. The van der Waals surface area contributed by atoms with Gasteiger partial charge in [-0.1, -0.05) is 74.4 Å². The van der Waals surface area contributed by atoms with Gasteiger partial charge >= 0.3 is 0 Å². The minimum Gasteiger partial charge on any atom is -0.352 e. The Morgan fingerprint density at radius 1 is 0.907 bits per heavy atom. The molecule has 7 nitrogen and oxygen atoms in total. The smallest absolute Gasteiger partial charge is 0.243 e. The lowest BCUT2D eigenvalue weighted by Crippen LogP contribution is -2.52. The predicted molar refractivity (Wildman–Crippen MR) is 169 cm³/mol. The van der Waals surface area contributed by atoms with E-state index in [4.69, 9.17) is 0 Å². The second-order valence-corrected chi connectivity index (χ2v) is 13.2. The van der Waals surface area contributed by atoms with Crippen molar-refractivity contribution in [1.82, 2.24) is 10.2 Å². The first-order valence-corrected chi connectivity index (χ1v) is 16.9. The van der Waals surface area contributed by atoms with Gasteiger partial charge in [-0.3, -0.25) is 13.9 Å². The Labute approximate surface area is 255 Å². The van der Waals surface area contributed by atoms with Crippen LogP contribution < -0.4 is 9.62 Å². The van der Waals surface area contributed by atoms with Crippen molar-refractivity contribution in [3.05, 3.63) is 101 Å². The largest absolute Gasteiger partial charge is 0.352 e. The number of hydrogen-bond donors (Lipinski definition) is 1. The first-order valence-electron chi connectivity index (χ1n) is 15.1. The molecule has 4 rings (SSSR count). The maximum Gasteiger partial charge on any atom is 0.243 e. The fourth-order valence-electron chi connectivity index (χ4n) is 5.61. The van der Waals surface area contributed by atoms with Crippen LogP contribution in [0.2, 0.25) is 0 Å². The molecule has 1 N–H and O–H groups in total. The molecule has 3 aromatic carbocycles. The third-order valence-electron chi connectivity index (χ3n) is 8.02. The Balaban J connectivity index is 1.57. The number of halogens is 1. The van der Waals surface area contributed by atoms with Crippen LogP contribution in [-0.2, 0) is 39.0 Å². The van der Waals surface area contributed by atoms with E-state index >= 15 is 0 Å². The van der Waals surface area contributed by atoms with Crippen LogP contribution in [0, 0.1) is 5.82 Å². The molecule has 230 valence electrons. The Morgan fingerprint density at radius 3 is 2.14 bits per heavy atom. The van der Waals surface area contributed by atoms with Gasteiger partial charge in [-0.25, -0.2) is 12.8 Å². The van der Waals surface area contributed by atoms with E-state index in [1.807, 2.05) is 49.4 Å². The number of aryl methyl sites for hydroxylation is 1. The van der Waals surface area contributed by atoms with E-state index in [0.29, 0.717) is 17.7 Å². The Bertz CT molecular complexity index is 1440. The molecule has 1 saturated carbocycles. The SMILES string of the molecule is CCc1ccc(N(CCCC(=O)N(Cc2ccc(F)cc2)[C@H](Cc2ccccc2)C(=O)NC2CCCC2)S(C)(=O)=O)cc1. The zero-order valence-electron chi connectivity index (χ0n) is 25.0. The van der Waals surface area contributed by atoms with E-state index in [9.17, 15) is 22.4 Å². The summed E-state index contributed by atoms with van der Waals surface area (Å²) in [5.41, 5.74) is 3.28. The van der Waals surface area contributed by atoms with Crippen molar-refractivity contribution in [3.8, 4) is 0 Å². The van der Waals surface area contributed by atoms with E-state index in [1.54, 1.807) is 29.2 Å². The summed E-state index contributed by atoms with van der Waals surface area (Å²) in [7, 11) is -3.58. The van der Waals surface area contributed by atoms with Crippen LogP contribution in [0.4, 0.5) is 10.1 Å². The zero-order chi connectivity index (χ0) is 30.8. The summed E-state index contributed by atoms with van der Waals surface area (Å²) in [4.78, 5) is 29.3. The highest BCUT2D eigenvalue weighted by Gasteiger charge is 2.32. The van der Waals surface area contributed by atoms with Crippen molar-refractivity contribution >= 4 is 27.5 Å². The van der Waals surface area contributed by atoms with Gasteiger partial charge in [-0.05, 0) is 66.6 Å². The summed E-state index contributed by atoms with van der Waals surface area (Å²) in [6.07, 6.45) is 6.59. The van der Waals surface area contributed by atoms with Gasteiger partial charge in [-0.2, -0.15) is 0 Å². The first kappa shape index (κ1) is 32.2. The minimum atomic E-state index is -3.58. The molecule has 3 aromatic rings. The topological polar surface area (TPSA) is 86.8 Å². The van der Waals surface area contributed by atoms with Crippen molar-refractivity contribution < 1.29 is 22.4 Å². The maximum absolute atomic E-state index is 13.9. The Kier molecular flexibility index (Phi) is 11.3. The predicted octanol–water partition coefficient (Wildman–Crippen LogP) is 5.63. The quantitative estimate of drug-likeness (QED) is 0.257. The lowest BCUT2D eigenvalue weighted by atomic mass is 10.0. The fourth-order valence-corrected chi connectivity index (χ4v) is 6.58. The number of carbonyl (C=O) groups is 2. The minimum absolute atomic E-state index is 0.0439.